The number of fused-ring (bicyclic) bond motifs is 7. The average Bonchev–Trinajstić information content (AvgIpc) is 2.78. The first-order chi connectivity index (χ1) is 15.9. The monoisotopic (exact) mass is 474 g/mol. The lowest BCUT2D eigenvalue weighted by Crippen LogP contribution is -2.35. The highest BCUT2D eigenvalue weighted by atomic mass is 32.2. The van der Waals surface area contributed by atoms with Gasteiger partial charge in [-0.2, -0.15) is 4.98 Å². The van der Waals surface area contributed by atoms with Crippen LogP contribution in [-0.2, 0) is 10.0 Å². The summed E-state index contributed by atoms with van der Waals surface area (Å²) >= 11 is 0. The Hall–Kier alpha value is -2.92. The molecule has 0 atom stereocenters. The van der Waals surface area contributed by atoms with E-state index >= 15 is 0 Å². The number of nitrogens with zero attached hydrogens (tertiary/aromatic N) is 3. The minimum Gasteiger partial charge on any atom is -0.395 e. The fourth-order valence-electron chi connectivity index (χ4n) is 4.32. The Balaban J connectivity index is 1.67. The number of sulfonamides is 1. The molecular formula is C22H30N6O4S. The van der Waals surface area contributed by atoms with Gasteiger partial charge in [0.2, 0.25) is 16.0 Å². The zero-order chi connectivity index (χ0) is 23.3. The largest absolute Gasteiger partial charge is 0.395 e. The summed E-state index contributed by atoms with van der Waals surface area (Å²) in [7, 11) is -3.67. The SMILES string of the molecule is O=C1Nc2ccnc(n2)NCCCCC2CCN(CC2)c2cc(NS(=O)(=O)CCO)ccc21. The molecule has 3 aliphatic rings. The second kappa shape index (κ2) is 10.3. The molecule has 0 unspecified atom stereocenters. The molecule has 1 fully saturated rings. The van der Waals surface area contributed by atoms with Gasteiger partial charge in [0.1, 0.15) is 5.82 Å². The summed E-state index contributed by atoms with van der Waals surface area (Å²) in [5.41, 5.74) is 1.48. The van der Waals surface area contributed by atoms with Crippen LogP contribution in [0.2, 0.25) is 0 Å². The molecule has 178 valence electrons. The first-order valence-corrected chi connectivity index (χ1v) is 13.0. The number of hydrogen-bond acceptors (Lipinski definition) is 8. The van der Waals surface area contributed by atoms with Crippen LogP contribution in [0.1, 0.15) is 42.5 Å². The Morgan fingerprint density at radius 2 is 1.97 bits per heavy atom. The summed E-state index contributed by atoms with van der Waals surface area (Å²) in [6.45, 7) is 1.92. The van der Waals surface area contributed by atoms with Crippen LogP contribution < -0.4 is 20.3 Å². The van der Waals surface area contributed by atoms with Gasteiger partial charge in [-0.3, -0.25) is 9.52 Å². The van der Waals surface area contributed by atoms with Crippen molar-refractivity contribution in [3.63, 3.8) is 0 Å². The van der Waals surface area contributed by atoms with Gasteiger partial charge in [-0.15, -0.1) is 0 Å². The molecule has 0 spiro atoms. The predicted molar refractivity (Wildman–Crippen MR) is 128 cm³/mol. The molecule has 1 amide bonds. The van der Waals surface area contributed by atoms with Crippen molar-refractivity contribution in [1.82, 2.24) is 9.97 Å². The fourth-order valence-corrected chi connectivity index (χ4v) is 5.15. The van der Waals surface area contributed by atoms with Gasteiger partial charge in [-0.1, -0.05) is 12.8 Å². The molecule has 10 nitrogen and oxygen atoms in total. The average molecular weight is 475 g/mol. The lowest BCUT2D eigenvalue weighted by atomic mass is 9.91. The highest BCUT2D eigenvalue weighted by molar-refractivity contribution is 7.92. The van der Waals surface area contributed by atoms with E-state index in [9.17, 15) is 13.2 Å². The van der Waals surface area contributed by atoms with Gasteiger partial charge in [-0.05, 0) is 49.4 Å². The van der Waals surface area contributed by atoms with E-state index < -0.39 is 16.6 Å². The van der Waals surface area contributed by atoms with E-state index in [4.69, 9.17) is 5.11 Å². The van der Waals surface area contributed by atoms with Crippen LogP contribution in [0.15, 0.2) is 30.5 Å². The van der Waals surface area contributed by atoms with Crippen molar-refractivity contribution in [2.24, 2.45) is 5.92 Å². The molecule has 1 saturated heterocycles. The maximum atomic E-state index is 13.2. The number of aliphatic hydroxyl groups is 1. The number of rotatable bonds is 4. The number of aromatic nitrogens is 2. The van der Waals surface area contributed by atoms with Gasteiger partial charge in [-0.25, -0.2) is 13.4 Å². The molecule has 11 heteroatoms. The smallest absolute Gasteiger partial charge is 0.258 e. The lowest BCUT2D eigenvalue weighted by Gasteiger charge is -2.35. The van der Waals surface area contributed by atoms with Crippen molar-refractivity contribution < 1.29 is 18.3 Å². The Labute approximate surface area is 193 Å². The zero-order valence-electron chi connectivity index (χ0n) is 18.5. The molecule has 0 saturated carbocycles. The molecule has 4 N–H and O–H groups in total. The number of nitrogens with one attached hydrogen (secondary N) is 3. The topological polar surface area (TPSA) is 137 Å². The number of benzene rings is 1. The van der Waals surface area contributed by atoms with Crippen LogP contribution in [0, 0.1) is 5.92 Å². The van der Waals surface area contributed by atoms with E-state index in [1.807, 2.05) is 0 Å². The van der Waals surface area contributed by atoms with Gasteiger partial charge >= 0.3 is 0 Å². The highest BCUT2D eigenvalue weighted by Gasteiger charge is 2.24. The van der Waals surface area contributed by atoms with E-state index in [-0.39, 0.29) is 11.7 Å². The molecule has 1 aromatic heterocycles. The Kier molecular flexibility index (Phi) is 7.29. The van der Waals surface area contributed by atoms with E-state index in [1.165, 1.54) is 0 Å². The second-order valence-corrected chi connectivity index (χ2v) is 10.3. The van der Waals surface area contributed by atoms with Gasteiger partial charge in [0.25, 0.3) is 5.91 Å². The lowest BCUT2D eigenvalue weighted by molar-refractivity contribution is 0.102. The maximum absolute atomic E-state index is 13.2. The summed E-state index contributed by atoms with van der Waals surface area (Å²) in [5.74, 6) is 0.784. The maximum Gasteiger partial charge on any atom is 0.258 e. The van der Waals surface area contributed by atoms with Crippen molar-refractivity contribution in [3.8, 4) is 0 Å². The summed E-state index contributed by atoms with van der Waals surface area (Å²) in [6, 6.07) is 6.51. The van der Waals surface area contributed by atoms with Gasteiger partial charge in [0.15, 0.2) is 0 Å². The molecule has 3 aliphatic heterocycles. The van der Waals surface area contributed by atoms with Crippen LogP contribution >= 0.6 is 0 Å². The van der Waals surface area contributed by atoms with Crippen molar-refractivity contribution in [2.75, 3.05) is 52.2 Å². The van der Waals surface area contributed by atoms with E-state index in [0.717, 1.165) is 51.7 Å². The summed E-state index contributed by atoms with van der Waals surface area (Å²) in [6.07, 6.45) is 6.96. The highest BCUT2D eigenvalue weighted by Crippen LogP contribution is 2.32. The molecule has 4 bridgehead atoms. The second-order valence-electron chi connectivity index (χ2n) is 8.45. The number of amides is 1. The van der Waals surface area contributed by atoms with Gasteiger partial charge in [0.05, 0.1) is 29.3 Å². The third kappa shape index (κ3) is 6.11. The number of hydrogen-bond donors (Lipinski definition) is 4. The van der Waals surface area contributed by atoms with Crippen molar-refractivity contribution in [1.29, 1.82) is 0 Å². The van der Waals surface area contributed by atoms with Crippen LogP contribution in [0.3, 0.4) is 0 Å². The molecule has 5 rings (SSSR count). The number of carbonyl (C=O) groups excluding carboxylic acids is 1. The Morgan fingerprint density at radius 3 is 2.76 bits per heavy atom. The quantitative estimate of drug-likeness (QED) is 0.530. The number of anilines is 4. The van der Waals surface area contributed by atoms with Crippen molar-refractivity contribution >= 4 is 39.1 Å². The standard InChI is InChI=1S/C22H30N6O4S/c29-13-14-33(31,32)27-17-4-5-18-19(15-17)28-11-7-16(8-12-28)3-1-2-9-23-22-24-10-6-20(26-22)25-21(18)30/h4-6,10,15-16,27,29H,1-3,7-9,11-14H2,(H2,23,24,25,26,30). The van der Waals surface area contributed by atoms with Crippen LogP contribution in [0.25, 0.3) is 0 Å². The van der Waals surface area contributed by atoms with E-state index in [1.54, 1.807) is 30.5 Å². The molecule has 0 radical (unpaired) electrons. The minimum atomic E-state index is -3.67. The Morgan fingerprint density at radius 1 is 1.15 bits per heavy atom. The van der Waals surface area contributed by atoms with Crippen LogP contribution in [-0.4, -0.2) is 61.4 Å². The molecule has 33 heavy (non-hydrogen) atoms. The normalized spacial score (nSPS) is 17.7. The van der Waals surface area contributed by atoms with Gasteiger partial charge in [0, 0.05) is 25.8 Å². The molecule has 4 heterocycles. The molecular weight excluding hydrogens is 444 g/mol. The summed E-state index contributed by atoms with van der Waals surface area (Å²) in [5, 5.41) is 15.1. The number of piperidine rings is 1. The summed E-state index contributed by atoms with van der Waals surface area (Å²) in [4.78, 5) is 23.9. The third-order valence-corrected chi connectivity index (χ3v) is 7.32. The zero-order valence-corrected chi connectivity index (χ0v) is 19.3. The van der Waals surface area contributed by atoms with E-state index in [0.29, 0.717) is 34.6 Å². The molecule has 2 aromatic rings. The number of aliphatic hydroxyl groups excluding tert-OH is 1. The molecule has 1 aromatic carbocycles. The first-order valence-electron chi connectivity index (χ1n) is 11.3. The number of carbonyl (C=O) groups is 1. The fraction of sp³-hybridized carbons (Fsp3) is 0.500. The molecule has 0 aliphatic carbocycles. The minimum absolute atomic E-state index is 0.325. The van der Waals surface area contributed by atoms with Crippen LogP contribution in [0.4, 0.5) is 23.1 Å². The van der Waals surface area contributed by atoms with Crippen LogP contribution in [0.5, 0.6) is 0 Å². The third-order valence-electron chi connectivity index (χ3n) is 6.05. The first kappa shape index (κ1) is 23.2. The Bertz CT molecular complexity index is 1090. The van der Waals surface area contributed by atoms with E-state index in [2.05, 4.69) is 30.2 Å². The van der Waals surface area contributed by atoms with Crippen molar-refractivity contribution in [3.05, 3.63) is 36.0 Å². The predicted octanol–water partition coefficient (Wildman–Crippen LogP) is 2.28. The summed E-state index contributed by atoms with van der Waals surface area (Å²) < 4.78 is 26.8. The van der Waals surface area contributed by atoms with Gasteiger partial charge < -0.3 is 20.6 Å². The van der Waals surface area contributed by atoms with Crippen molar-refractivity contribution in [2.45, 2.75) is 32.1 Å².